The molecule has 116 valence electrons. The Labute approximate surface area is 127 Å². The van der Waals surface area contributed by atoms with Crippen LogP contribution in [-0.2, 0) is 6.42 Å². The van der Waals surface area contributed by atoms with Gasteiger partial charge in [-0.25, -0.2) is 4.98 Å². The Kier molecular flexibility index (Phi) is 7.09. The molecule has 1 heterocycles. The summed E-state index contributed by atoms with van der Waals surface area (Å²) < 4.78 is 0. The second kappa shape index (κ2) is 8.08. The second-order valence-corrected chi connectivity index (χ2v) is 6.33. The molecule has 3 N–H and O–H groups in total. The molecule has 20 heavy (non-hydrogen) atoms. The molecule has 1 aromatic heterocycles. The number of aromatic nitrogens is 1. The molecular formula is C15H30N4S. The third-order valence-electron chi connectivity index (χ3n) is 4.55. The molecule has 1 aromatic rings. The van der Waals surface area contributed by atoms with E-state index in [-0.39, 0.29) is 11.6 Å². The SMILES string of the molecule is CCN(CC)C(CC)(CC)C(Cc1csc(C)n1)NN. The van der Waals surface area contributed by atoms with Crippen molar-refractivity contribution in [2.24, 2.45) is 5.84 Å². The topological polar surface area (TPSA) is 54.2 Å². The average Bonchev–Trinajstić information content (AvgIpc) is 2.88. The maximum Gasteiger partial charge on any atom is 0.0897 e. The summed E-state index contributed by atoms with van der Waals surface area (Å²) >= 11 is 1.71. The van der Waals surface area contributed by atoms with Gasteiger partial charge in [-0.2, -0.15) is 0 Å². The number of nitrogens with one attached hydrogen (secondary N) is 1. The van der Waals surface area contributed by atoms with E-state index in [1.165, 1.54) is 0 Å². The van der Waals surface area contributed by atoms with Crippen LogP contribution in [0.3, 0.4) is 0 Å². The molecule has 0 aliphatic rings. The van der Waals surface area contributed by atoms with Gasteiger partial charge in [0.2, 0.25) is 0 Å². The fourth-order valence-electron chi connectivity index (χ4n) is 3.38. The molecule has 1 rings (SSSR count). The van der Waals surface area contributed by atoms with Gasteiger partial charge in [0.15, 0.2) is 0 Å². The third-order valence-corrected chi connectivity index (χ3v) is 5.37. The van der Waals surface area contributed by atoms with E-state index in [1.54, 1.807) is 11.3 Å². The standard InChI is InChI=1S/C15H30N4S/c1-6-15(7-2,19(8-3)9-4)14(18-16)10-13-11-20-12(5)17-13/h11,14,18H,6-10,16H2,1-5H3. The number of hydrazine groups is 1. The van der Waals surface area contributed by atoms with Gasteiger partial charge in [0.1, 0.15) is 0 Å². The summed E-state index contributed by atoms with van der Waals surface area (Å²) in [6.07, 6.45) is 3.06. The van der Waals surface area contributed by atoms with Crippen molar-refractivity contribution in [3.63, 3.8) is 0 Å². The number of likely N-dealkylation sites (N-methyl/N-ethyl adjacent to an activating group) is 1. The number of thiazole rings is 1. The van der Waals surface area contributed by atoms with E-state index in [2.05, 4.69) is 55.3 Å². The van der Waals surface area contributed by atoms with Gasteiger partial charge in [0.25, 0.3) is 0 Å². The predicted octanol–water partition coefficient (Wildman–Crippen LogP) is 2.73. The minimum Gasteiger partial charge on any atom is -0.297 e. The lowest BCUT2D eigenvalue weighted by atomic mass is 9.80. The molecule has 0 bridgehead atoms. The van der Waals surface area contributed by atoms with Crippen molar-refractivity contribution in [1.29, 1.82) is 0 Å². The zero-order chi connectivity index (χ0) is 15.2. The van der Waals surface area contributed by atoms with Gasteiger partial charge >= 0.3 is 0 Å². The molecule has 0 amide bonds. The van der Waals surface area contributed by atoms with Crippen LogP contribution in [0.2, 0.25) is 0 Å². The summed E-state index contributed by atoms with van der Waals surface area (Å²) in [4.78, 5) is 7.13. The highest BCUT2D eigenvalue weighted by Gasteiger charge is 2.39. The molecule has 0 saturated carbocycles. The fourth-order valence-corrected chi connectivity index (χ4v) is 4.00. The minimum atomic E-state index is 0.0930. The number of hydrogen-bond acceptors (Lipinski definition) is 5. The smallest absolute Gasteiger partial charge is 0.0897 e. The highest BCUT2D eigenvalue weighted by atomic mass is 32.1. The molecule has 0 radical (unpaired) electrons. The summed E-state index contributed by atoms with van der Waals surface area (Å²) in [7, 11) is 0. The highest BCUT2D eigenvalue weighted by molar-refractivity contribution is 7.09. The van der Waals surface area contributed by atoms with Gasteiger partial charge < -0.3 is 0 Å². The van der Waals surface area contributed by atoms with Crippen LogP contribution < -0.4 is 11.3 Å². The van der Waals surface area contributed by atoms with Crippen LogP contribution in [0.4, 0.5) is 0 Å². The molecule has 4 nitrogen and oxygen atoms in total. The molecule has 0 aromatic carbocycles. The Morgan fingerprint density at radius 1 is 1.30 bits per heavy atom. The summed E-state index contributed by atoms with van der Waals surface area (Å²) in [6.45, 7) is 13.1. The maximum absolute atomic E-state index is 5.91. The molecule has 1 unspecified atom stereocenters. The van der Waals surface area contributed by atoms with Gasteiger partial charge in [-0.3, -0.25) is 16.2 Å². The van der Waals surface area contributed by atoms with Gasteiger partial charge in [-0.05, 0) is 32.9 Å². The highest BCUT2D eigenvalue weighted by Crippen LogP contribution is 2.30. The Morgan fingerprint density at radius 3 is 2.25 bits per heavy atom. The van der Waals surface area contributed by atoms with E-state index in [0.717, 1.165) is 43.1 Å². The van der Waals surface area contributed by atoms with E-state index in [1.807, 2.05) is 0 Å². The normalized spacial score (nSPS) is 13.9. The Bertz CT molecular complexity index is 383. The molecular weight excluding hydrogens is 268 g/mol. The number of rotatable bonds is 9. The lowest BCUT2D eigenvalue weighted by molar-refractivity contribution is 0.0489. The second-order valence-electron chi connectivity index (χ2n) is 5.26. The first-order chi connectivity index (χ1) is 9.57. The quantitative estimate of drug-likeness (QED) is 0.544. The molecule has 0 saturated heterocycles. The summed E-state index contributed by atoms with van der Waals surface area (Å²) in [6, 6.07) is 0.221. The Hall–Kier alpha value is -0.490. The zero-order valence-electron chi connectivity index (χ0n) is 13.6. The third kappa shape index (κ3) is 3.58. The van der Waals surface area contributed by atoms with Crippen LogP contribution >= 0.6 is 11.3 Å². The molecule has 0 aliphatic carbocycles. The maximum atomic E-state index is 5.91. The van der Waals surface area contributed by atoms with Gasteiger partial charge in [0.05, 0.1) is 10.7 Å². The number of nitrogens with zero attached hydrogens (tertiary/aromatic N) is 2. The summed E-state index contributed by atoms with van der Waals surface area (Å²) in [5.74, 6) is 5.91. The average molecular weight is 298 g/mol. The first kappa shape index (κ1) is 17.6. The first-order valence-electron chi connectivity index (χ1n) is 7.70. The van der Waals surface area contributed by atoms with Crippen molar-refractivity contribution < 1.29 is 0 Å². The van der Waals surface area contributed by atoms with Crippen molar-refractivity contribution in [3.05, 3.63) is 16.1 Å². The fraction of sp³-hybridized carbons (Fsp3) is 0.800. The van der Waals surface area contributed by atoms with E-state index >= 15 is 0 Å². The molecule has 0 aliphatic heterocycles. The van der Waals surface area contributed by atoms with Crippen molar-refractivity contribution in [2.45, 2.75) is 65.5 Å². The van der Waals surface area contributed by atoms with Crippen LogP contribution in [0.5, 0.6) is 0 Å². The summed E-state index contributed by atoms with van der Waals surface area (Å²) in [5.41, 5.74) is 4.31. The number of aryl methyl sites for hydroxylation is 1. The number of hydrogen-bond donors (Lipinski definition) is 2. The van der Waals surface area contributed by atoms with Crippen LogP contribution in [-0.4, -0.2) is 34.6 Å². The van der Waals surface area contributed by atoms with Gasteiger partial charge in [0, 0.05) is 23.4 Å². The molecule has 0 fully saturated rings. The van der Waals surface area contributed by atoms with Crippen LogP contribution in [0.25, 0.3) is 0 Å². The largest absolute Gasteiger partial charge is 0.297 e. The van der Waals surface area contributed by atoms with E-state index in [4.69, 9.17) is 5.84 Å². The predicted molar refractivity (Wildman–Crippen MR) is 87.9 cm³/mol. The lowest BCUT2D eigenvalue weighted by Gasteiger charge is -2.47. The van der Waals surface area contributed by atoms with E-state index in [0.29, 0.717) is 0 Å². The van der Waals surface area contributed by atoms with Crippen molar-refractivity contribution >= 4 is 11.3 Å². The van der Waals surface area contributed by atoms with Crippen molar-refractivity contribution in [2.75, 3.05) is 13.1 Å². The Balaban J connectivity index is 3.01. The molecule has 5 heteroatoms. The molecule has 1 atom stereocenters. The van der Waals surface area contributed by atoms with Crippen LogP contribution in [0, 0.1) is 6.92 Å². The van der Waals surface area contributed by atoms with E-state index < -0.39 is 0 Å². The molecule has 0 spiro atoms. The van der Waals surface area contributed by atoms with Crippen molar-refractivity contribution in [3.8, 4) is 0 Å². The monoisotopic (exact) mass is 298 g/mol. The van der Waals surface area contributed by atoms with Crippen LogP contribution in [0.1, 0.15) is 51.2 Å². The van der Waals surface area contributed by atoms with Crippen LogP contribution in [0.15, 0.2) is 5.38 Å². The van der Waals surface area contributed by atoms with E-state index in [9.17, 15) is 0 Å². The number of nitrogens with two attached hydrogens (primary N) is 1. The zero-order valence-corrected chi connectivity index (χ0v) is 14.4. The Morgan fingerprint density at radius 2 is 1.90 bits per heavy atom. The summed E-state index contributed by atoms with van der Waals surface area (Å²) in [5, 5.41) is 3.27. The van der Waals surface area contributed by atoms with Gasteiger partial charge in [-0.15, -0.1) is 11.3 Å². The van der Waals surface area contributed by atoms with Gasteiger partial charge in [-0.1, -0.05) is 27.7 Å². The lowest BCUT2D eigenvalue weighted by Crippen LogP contribution is -2.63. The minimum absolute atomic E-state index is 0.0930. The van der Waals surface area contributed by atoms with Crippen molar-refractivity contribution in [1.82, 2.24) is 15.3 Å². The first-order valence-corrected chi connectivity index (χ1v) is 8.57.